The smallest absolute Gasteiger partial charge is 0.335 e. The number of carbonyl (C=O) groups is 2. The van der Waals surface area contributed by atoms with Crippen LogP contribution in [-0.4, -0.2) is 53.2 Å². The van der Waals surface area contributed by atoms with Crippen molar-refractivity contribution >= 4 is 29.3 Å². The van der Waals surface area contributed by atoms with Crippen LogP contribution in [-0.2, 0) is 11.3 Å². The molecule has 1 aromatic carbocycles. The Morgan fingerprint density at radius 3 is 2.72 bits per heavy atom. The largest absolute Gasteiger partial charge is 0.496 e. The molecule has 2 N–H and O–H groups in total. The number of aromatic carboxylic acids is 1. The van der Waals surface area contributed by atoms with Crippen LogP contribution < -0.4 is 19.9 Å². The summed E-state index contributed by atoms with van der Waals surface area (Å²) >= 11 is 0. The maximum atomic E-state index is 13.0. The van der Waals surface area contributed by atoms with Crippen molar-refractivity contribution < 1.29 is 19.4 Å². The van der Waals surface area contributed by atoms with E-state index in [4.69, 9.17) is 9.72 Å². The summed E-state index contributed by atoms with van der Waals surface area (Å²) in [7, 11) is 3.29. The van der Waals surface area contributed by atoms with Gasteiger partial charge in [-0.2, -0.15) is 4.98 Å². The fourth-order valence-electron chi connectivity index (χ4n) is 4.67. The first kappa shape index (κ1) is 21.9. The molecule has 0 bridgehead atoms. The van der Waals surface area contributed by atoms with E-state index in [0.717, 1.165) is 36.3 Å². The van der Waals surface area contributed by atoms with E-state index < -0.39 is 5.97 Å². The van der Waals surface area contributed by atoms with Crippen LogP contribution in [0.3, 0.4) is 0 Å². The van der Waals surface area contributed by atoms with Crippen molar-refractivity contribution in [3.05, 3.63) is 35.5 Å². The zero-order chi connectivity index (χ0) is 22.8. The highest BCUT2D eigenvalue weighted by molar-refractivity contribution is 6.04. The van der Waals surface area contributed by atoms with Crippen molar-refractivity contribution in [1.82, 2.24) is 9.97 Å². The topological polar surface area (TPSA) is 108 Å². The number of methoxy groups -OCH3 is 1. The molecule has 2 aromatic rings. The van der Waals surface area contributed by atoms with Gasteiger partial charge in [0.05, 0.1) is 18.9 Å². The molecule has 1 aromatic heterocycles. The minimum Gasteiger partial charge on any atom is -0.496 e. The van der Waals surface area contributed by atoms with Crippen LogP contribution in [0.1, 0.15) is 54.9 Å². The van der Waals surface area contributed by atoms with Crippen molar-refractivity contribution in [2.24, 2.45) is 0 Å². The van der Waals surface area contributed by atoms with E-state index >= 15 is 0 Å². The van der Waals surface area contributed by atoms with Crippen LogP contribution in [0.25, 0.3) is 0 Å². The minimum atomic E-state index is -1.00. The van der Waals surface area contributed by atoms with Crippen molar-refractivity contribution in [2.75, 3.05) is 29.3 Å². The Labute approximate surface area is 187 Å². The zero-order valence-electron chi connectivity index (χ0n) is 18.7. The number of carboxylic acid groups (broad SMARTS) is 1. The number of amides is 1. The Morgan fingerprint density at radius 2 is 2.06 bits per heavy atom. The van der Waals surface area contributed by atoms with Crippen LogP contribution in [0, 0.1) is 0 Å². The average molecular weight is 440 g/mol. The summed E-state index contributed by atoms with van der Waals surface area (Å²) < 4.78 is 5.36. The molecular formula is C23H29N5O4. The lowest BCUT2D eigenvalue weighted by Crippen LogP contribution is -2.55. The molecule has 170 valence electrons. The quantitative estimate of drug-likeness (QED) is 0.677. The van der Waals surface area contributed by atoms with E-state index in [0.29, 0.717) is 24.3 Å². The van der Waals surface area contributed by atoms with Gasteiger partial charge in [0.1, 0.15) is 17.5 Å². The molecule has 0 radical (unpaired) electrons. The molecule has 9 nitrogen and oxygen atoms in total. The standard InChI is InChI=1S/C23H29N5O4/c1-4-17-21(29)27(2)18-13-25-23(26-20(18)28(17)16-7-5-6-8-16)24-12-15-10-9-14(22(30)31)11-19(15)32-3/h9-11,13,16-17H,4-8,12H2,1-3H3,(H,30,31)(H,24,25,26). The van der Waals surface area contributed by atoms with Crippen molar-refractivity contribution in [1.29, 1.82) is 0 Å². The summed E-state index contributed by atoms with van der Waals surface area (Å²) in [5.74, 6) is 0.806. The van der Waals surface area contributed by atoms with E-state index in [2.05, 4.69) is 15.2 Å². The van der Waals surface area contributed by atoms with Crippen LogP contribution in [0.5, 0.6) is 5.75 Å². The van der Waals surface area contributed by atoms with E-state index in [1.54, 1.807) is 30.3 Å². The van der Waals surface area contributed by atoms with E-state index in [-0.39, 0.29) is 17.5 Å². The van der Waals surface area contributed by atoms with E-state index in [1.807, 2.05) is 6.92 Å². The fraction of sp³-hybridized carbons (Fsp3) is 0.478. The number of anilines is 3. The number of benzene rings is 1. The van der Waals surface area contributed by atoms with Gasteiger partial charge in [-0.25, -0.2) is 9.78 Å². The lowest BCUT2D eigenvalue weighted by molar-refractivity contribution is -0.120. The summed E-state index contributed by atoms with van der Waals surface area (Å²) in [6.07, 6.45) is 6.87. The molecular weight excluding hydrogens is 410 g/mol. The number of aromatic nitrogens is 2. The first-order valence-electron chi connectivity index (χ1n) is 11.0. The third kappa shape index (κ3) is 3.94. The number of ether oxygens (including phenoxy) is 1. The molecule has 1 aliphatic heterocycles. The fourth-order valence-corrected chi connectivity index (χ4v) is 4.67. The predicted molar refractivity (Wildman–Crippen MR) is 122 cm³/mol. The lowest BCUT2D eigenvalue weighted by Gasteiger charge is -2.43. The molecule has 0 saturated heterocycles. The first-order chi connectivity index (χ1) is 15.4. The maximum Gasteiger partial charge on any atom is 0.335 e. The van der Waals surface area contributed by atoms with Gasteiger partial charge in [0.15, 0.2) is 5.82 Å². The number of likely N-dealkylation sites (N-methyl/N-ethyl adjacent to an activating group) is 1. The molecule has 32 heavy (non-hydrogen) atoms. The lowest BCUT2D eigenvalue weighted by atomic mass is 10.0. The summed E-state index contributed by atoms with van der Waals surface area (Å²) in [6, 6.07) is 4.85. The number of nitrogens with one attached hydrogen (secondary N) is 1. The summed E-state index contributed by atoms with van der Waals surface area (Å²) in [5.41, 5.74) is 1.69. The molecule has 1 amide bonds. The van der Waals surface area contributed by atoms with Crippen LogP contribution in [0.15, 0.2) is 24.4 Å². The number of fused-ring (bicyclic) bond motifs is 1. The van der Waals surface area contributed by atoms with Gasteiger partial charge in [0, 0.05) is 25.2 Å². The van der Waals surface area contributed by atoms with Crippen molar-refractivity contribution in [2.45, 2.75) is 57.7 Å². The van der Waals surface area contributed by atoms with E-state index in [1.165, 1.54) is 26.0 Å². The molecule has 0 spiro atoms. The van der Waals surface area contributed by atoms with Gasteiger partial charge in [-0.1, -0.05) is 25.8 Å². The normalized spacial score (nSPS) is 18.6. The number of nitrogens with zero attached hydrogens (tertiary/aromatic N) is 4. The van der Waals surface area contributed by atoms with E-state index in [9.17, 15) is 14.7 Å². The third-order valence-electron chi connectivity index (χ3n) is 6.38. The number of carbonyl (C=O) groups excluding carboxylic acids is 1. The van der Waals surface area contributed by atoms with Gasteiger partial charge in [-0.15, -0.1) is 0 Å². The summed E-state index contributed by atoms with van der Waals surface area (Å²) in [6.45, 7) is 2.41. The van der Waals surface area contributed by atoms with Gasteiger partial charge >= 0.3 is 5.97 Å². The van der Waals surface area contributed by atoms with Crippen molar-refractivity contribution in [3.63, 3.8) is 0 Å². The molecule has 1 saturated carbocycles. The van der Waals surface area contributed by atoms with Gasteiger partial charge in [-0.3, -0.25) is 4.79 Å². The predicted octanol–water partition coefficient (Wildman–Crippen LogP) is 3.30. The van der Waals surface area contributed by atoms with Crippen LogP contribution in [0.2, 0.25) is 0 Å². The Bertz CT molecular complexity index is 1020. The second kappa shape index (κ2) is 9.02. The zero-order valence-corrected chi connectivity index (χ0v) is 18.7. The second-order valence-corrected chi connectivity index (χ2v) is 8.25. The first-order valence-corrected chi connectivity index (χ1v) is 11.0. The van der Waals surface area contributed by atoms with Gasteiger partial charge in [0.2, 0.25) is 11.9 Å². The van der Waals surface area contributed by atoms with Gasteiger partial charge < -0.3 is 25.0 Å². The number of rotatable bonds is 7. The Kier molecular flexibility index (Phi) is 6.16. The van der Waals surface area contributed by atoms with Gasteiger partial charge in [-0.05, 0) is 31.4 Å². The highest BCUT2D eigenvalue weighted by Gasteiger charge is 2.41. The molecule has 1 fully saturated rings. The maximum absolute atomic E-state index is 13.0. The number of carboxylic acids is 1. The Balaban J connectivity index is 1.62. The summed E-state index contributed by atoms with van der Waals surface area (Å²) in [5, 5.41) is 12.4. The van der Waals surface area contributed by atoms with Gasteiger partial charge in [0.25, 0.3) is 0 Å². The number of hydrogen-bond donors (Lipinski definition) is 2. The highest BCUT2D eigenvalue weighted by Crippen LogP contribution is 2.39. The minimum absolute atomic E-state index is 0.0828. The Hall–Kier alpha value is -3.36. The van der Waals surface area contributed by atoms with Crippen LogP contribution in [0.4, 0.5) is 17.5 Å². The second-order valence-electron chi connectivity index (χ2n) is 8.25. The third-order valence-corrected chi connectivity index (χ3v) is 6.38. The SMILES string of the molecule is CCC1C(=O)N(C)c2cnc(NCc3ccc(C(=O)O)cc3OC)nc2N1C1CCCC1. The molecule has 2 aliphatic rings. The molecule has 2 heterocycles. The Morgan fingerprint density at radius 1 is 1.31 bits per heavy atom. The van der Waals surface area contributed by atoms with Crippen LogP contribution >= 0.6 is 0 Å². The molecule has 1 atom stereocenters. The molecule has 1 unspecified atom stereocenters. The average Bonchev–Trinajstić information content (AvgIpc) is 3.33. The monoisotopic (exact) mass is 439 g/mol. The summed E-state index contributed by atoms with van der Waals surface area (Å²) in [4.78, 5) is 37.3. The highest BCUT2D eigenvalue weighted by atomic mass is 16.5. The molecule has 9 heteroatoms. The molecule has 4 rings (SSSR count). The number of hydrogen-bond acceptors (Lipinski definition) is 7. The van der Waals surface area contributed by atoms with Crippen molar-refractivity contribution in [3.8, 4) is 5.75 Å². The molecule has 1 aliphatic carbocycles.